The fourth-order valence-electron chi connectivity index (χ4n) is 3.28. The van der Waals surface area contributed by atoms with E-state index in [2.05, 4.69) is 0 Å². The second-order valence-electron chi connectivity index (χ2n) is 6.93. The number of benzene rings is 2. The lowest BCUT2D eigenvalue weighted by Gasteiger charge is -2.33. The second-order valence-corrected chi connectivity index (χ2v) is 9.78. The Labute approximate surface area is 180 Å². The van der Waals surface area contributed by atoms with Crippen molar-refractivity contribution < 1.29 is 17.9 Å². The van der Waals surface area contributed by atoms with Crippen molar-refractivity contribution in [3.63, 3.8) is 0 Å². The van der Waals surface area contributed by atoms with Crippen LogP contribution in [0.2, 0.25) is 0 Å². The second kappa shape index (κ2) is 8.99. The lowest BCUT2D eigenvalue weighted by Crippen LogP contribution is -2.50. The molecule has 1 aliphatic heterocycles. The van der Waals surface area contributed by atoms with Gasteiger partial charge >= 0.3 is 0 Å². The van der Waals surface area contributed by atoms with Crippen molar-refractivity contribution in [2.45, 2.75) is 11.5 Å². The van der Waals surface area contributed by atoms with Gasteiger partial charge in [0, 0.05) is 31.7 Å². The molecule has 1 fully saturated rings. The largest absolute Gasteiger partial charge is 0.489 e. The molecule has 2 aromatic carbocycles. The Morgan fingerprint density at radius 1 is 0.933 bits per heavy atom. The molecule has 6 nitrogen and oxygen atoms in total. The third-order valence-corrected chi connectivity index (χ3v) is 7.80. The number of thiophene rings is 1. The maximum Gasteiger partial charge on any atom is 0.264 e. The van der Waals surface area contributed by atoms with Crippen LogP contribution in [0.15, 0.2) is 77.0 Å². The predicted molar refractivity (Wildman–Crippen MR) is 116 cm³/mol. The highest BCUT2D eigenvalue weighted by Gasteiger charge is 2.30. The number of piperazine rings is 1. The van der Waals surface area contributed by atoms with E-state index in [9.17, 15) is 13.2 Å². The van der Waals surface area contributed by atoms with Crippen molar-refractivity contribution in [2.75, 3.05) is 26.2 Å². The third kappa shape index (κ3) is 4.56. The van der Waals surface area contributed by atoms with E-state index in [4.69, 9.17) is 4.74 Å². The van der Waals surface area contributed by atoms with Crippen molar-refractivity contribution in [2.24, 2.45) is 0 Å². The SMILES string of the molecule is O=C(c1cc(COc2ccccc2)cs1)N1CCN(S(=O)(=O)c2ccccc2)CC1. The zero-order valence-corrected chi connectivity index (χ0v) is 17.9. The predicted octanol–water partition coefficient (Wildman–Crippen LogP) is 3.47. The number of hydrogen-bond acceptors (Lipinski definition) is 5. The Hall–Kier alpha value is -2.68. The third-order valence-electron chi connectivity index (χ3n) is 4.92. The molecular weight excluding hydrogens is 420 g/mol. The Morgan fingerprint density at radius 3 is 2.23 bits per heavy atom. The van der Waals surface area contributed by atoms with Crippen LogP contribution in [0.3, 0.4) is 0 Å². The summed E-state index contributed by atoms with van der Waals surface area (Å²) in [4.78, 5) is 15.5. The smallest absolute Gasteiger partial charge is 0.264 e. The highest BCUT2D eigenvalue weighted by atomic mass is 32.2. The lowest BCUT2D eigenvalue weighted by atomic mass is 10.3. The normalized spacial score (nSPS) is 15.1. The van der Waals surface area contributed by atoms with Crippen LogP contribution in [0.5, 0.6) is 5.75 Å². The zero-order valence-electron chi connectivity index (χ0n) is 16.3. The summed E-state index contributed by atoms with van der Waals surface area (Å²) in [5, 5.41) is 1.92. The van der Waals surface area contributed by atoms with E-state index in [1.807, 2.05) is 41.8 Å². The van der Waals surface area contributed by atoms with Gasteiger partial charge in [-0.25, -0.2) is 8.42 Å². The minimum Gasteiger partial charge on any atom is -0.489 e. The van der Waals surface area contributed by atoms with Crippen LogP contribution in [0.1, 0.15) is 15.2 Å². The van der Waals surface area contributed by atoms with Crippen LogP contribution in [0.4, 0.5) is 0 Å². The highest BCUT2D eigenvalue weighted by Crippen LogP contribution is 2.22. The van der Waals surface area contributed by atoms with Crippen molar-refractivity contribution in [1.82, 2.24) is 9.21 Å². The maximum atomic E-state index is 12.8. The molecule has 0 radical (unpaired) electrons. The first-order valence-corrected chi connectivity index (χ1v) is 12.0. The van der Waals surface area contributed by atoms with Crippen molar-refractivity contribution in [3.8, 4) is 5.75 Å². The summed E-state index contributed by atoms with van der Waals surface area (Å²) in [6, 6.07) is 19.8. The number of carbonyl (C=O) groups is 1. The Bertz CT molecular complexity index is 1090. The summed E-state index contributed by atoms with van der Waals surface area (Å²) < 4.78 is 32.6. The molecule has 0 bridgehead atoms. The number of nitrogens with zero attached hydrogens (tertiary/aromatic N) is 2. The average Bonchev–Trinajstić information content (AvgIpc) is 3.28. The van der Waals surface area contributed by atoms with Gasteiger partial charge in [0.25, 0.3) is 5.91 Å². The number of rotatable bonds is 6. The fraction of sp³-hybridized carbons (Fsp3) is 0.227. The first-order chi connectivity index (χ1) is 14.5. The molecule has 1 amide bonds. The van der Waals surface area contributed by atoms with Gasteiger partial charge in [-0.05, 0) is 35.7 Å². The molecule has 0 atom stereocenters. The maximum absolute atomic E-state index is 12.8. The van der Waals surface area contributed by atoms with E-state index in [0.717, 1.165) is 11.3 Å². The molecule has 30 heavy (non-hydrogen) atoms. The van der Waals surface area contributed by atoms with E-state index in [1.165, 1.54) is 15.6 Å². The quantitative estimate of drug-likeness (QED) is 0.586. The fourth-order valence-corrected chi connectivity index (χ4v) is 5.58. The summed E-state index contributed by atoms with van der Waals surface area (Å²) in [5.74, 6) is 0.718. The molecule has 0 N–H and O–H groups in total. The number of para-hydroxylation sites is 1. The van der Waals surface area contributed by atoms with Crippen molar-refractivity contribution in [3.05, 3.63) is 82.6 Å². The van der Waals surface area contributed by atoms with Gasteiger partial charge in [-0.3, -0.25) is 4.79 Å². The topological polar surface area (TPSA) is 66.9 Å². The van der Waals surface area contributed by atoms with Crippen LogP contribution in [-0.2, 0) is 16.6 Å². The first kappa shape index (κ1) is 20.6. The van der Waals surface area contributed by atoms with Gasteiger partial charge in [-0.15, -0.1) is 11.3 Å². The number of sulfonamides is 1. The summed E-state index contributed by atoms with van der Waals surface area (Å²) >= 11 is 1.39. The molecule has 0 saturated carbocycles. The van der Waals surface area contributed by atoms with E-state index in [-0.39, 0.29) is 23.9 Å². The summed E-state index contributed by atoms with van der Waals surface area (Å²) in [6.07, 6.45) is 0. The molecule has 3 aromatic rings. The van der Waals surface area contributed by atoms with Crippen LogP contribution >= 0.6 is 11.3 Å². The summed E-state index contributed by atoms with van der Waals surface area (Å²) in [5.41, 5.74) is 0.942. The standard InChI is InChI=1S/C22H22N2O4S2/c25-22(21-15-18(17-29-21)16-28-19-7-3-1-4-8-19)23-11-13-24(14-12-23)30(26,27)20-9-5-2-6-10-20/h1-10,15,17H,11-14,16H2. The Morgan fingerprint density at radius 2 is 1.57 bits per heavy atom. The van der Waals surface area contributed by atoms with Crippen molar-refractivity contribution >= 4 is 27.3 Å². The van der Waals surface area contributed by atoms with Crippen LogP contribution in [-0.4, -0.2) is 49.7 Å². The first-order valence-electron chi connectivity index (χ1n) is 9.64. The molecule has 1 aromatic heterocycles. The Balaban J connectivity index is 1.34. The summed E-state index contributed by atoms with van der Waals surface area (Å²) in [7, 11) is -3.52. The number of ether oxygens (including phenoxy) is 1. The van der Waals surface area contributed by atoms with E-state index >= 15 is 0 Å². The molecule has 1 aliphatic rings. The minimum atomic E-state index is -3.52. The van der Waals surface area contributed by atoms with Gasteiger partial charge in [0.05, 0.1) is 9.77 Å². The average molecular weight is 443 g/mol. The van der Waals surface area contributed by atoms with E-state index in [1.54, 1.807) is 35.2 Å². The number of carbonyl (C=O) groups excluding carboxylic acids is 1. The van der Waals surface area contributed by atoms with E-state index < -0.39 is 10.0 Å². The molecule has 156 valence electrons. The molecule has 1 saturated heterocycles. The molecule has 0 aliphatic carbocycles. The highest BCUT2D eigenvalue weighted by molar-refractivity contribution is 7.89. The molecule has 2 heterocycles. The lowest BCUT2D eigenvalue weighted by molar-refractivity contribution is 0.0702. The van der Waals surface area contributed by atoms with E-state index in [0.29, 0.717) is 24.6 Å². The van der Waals surface area contributed by atoms with Crippen LogP contribution in [0.25, 0.3) is 0 Å². The van der Waals surface area contributed by atoms with Gasteiger partial charge in [0.15, 0.2) is 0 Å². The van der Waals surface area contributed by atoms with Gasteiger partial charge in [0.1, 0.15) is 12.4 Å². The molecule has 0 spiro atoms. The van der Waals surface area contributed by atoms with Crippen LogP contribution in [0, 0.1) is 0 Å². The van der Waals surface area contributed by atoms with Gasteiger partial charge in [-0.1, -0.05) is 36.4 Å². The molecule has 8 heteroatoms. The van der Waals surface area contributed by atoms with Crippen LogP contribution < -0.4 is 4.74 Å². The molecule has 0 unspecified atom stereocenters. The number of hydrogen-bond donors (Lipinski definition) is 0. The van der Waals surface area contributed by atoms with Gasteiger partial charge < -0.3 is 9.64 Å². The summed E-state index contributed by atoms with van der Waals surface area (Å²) in [6.45, 7) is 1.73. The molecule has 4 rings (SSSR count). The minimum absolute atomic E-state index is 0.0669. The zero-order chi connectivity index (χ0) is 21.0. The number of amides is 1. The molecular formula is C22H22N2O4S2. The van der Waals surface area contributed by atoms with Crippen molar-refractivity contribution in [1.29, 1.82) is 0 Å². The monoisotopic (exact) mass is 442 g/mol. The van der Waals surface area contributed by atoms with Gasteiger partial charge in [-0.2, -0.15) is 4.31 Å². The van der Waals surface area contributed by atoms with Gasteiger partial charge in [0.2, 0.25) is 10.0 Å². The Kier molecular flexibility index (Phi) is 6.17.